The Bertz CT molecular complexity index is 477. The molecule has 0 saturated heterocycles. The van der Waals surface area contributed by atoms with Gasteiger partial charge in [0, 0.05) is 12.1 Å². The summed E-state index contributed by atoms with van der Waals surface area (Å²) in [6.45, 7) is 5.99. The summed E-state index contributed by atoms with van der Waals surface area (Å²) in [5, 5.41) is 8.98. The highest BCUT2D eigenvalue weighted by atomic mass is 127. The van der Waals surface area contributed by atoms with E-state index >= 15 is 0 Å². The van der Waals surface area contributed by atoms with E-state index in [1.807, 2.05) is 25.2 Å². The standard InChI is InChI=1S/C13H13IN2O/c1-10-5-3-4-6-12(10)13(17)16(9-15)8-7-11(2)14/h3-6H,2,7-8H2,1H3. The molecule has 0 atom stereocenters. The van der Waals surface area contributed by atoms with Gasteiger partial charge in [-0.1, -0.05) is 24.8 Å². The van der Waals surface area contributed by atoms with Crippen molar-refractivity contribution in [2.75, 3.05) is 6.54 Å². The van der Waals surface area contributed by atoms with Crippen molar-refractivity contribution in [1.82, 2.24) is 4.90 Å². The number of aryl methyl sites for hydroxylation is 1. The fraction of sp³-hybridized carbons (Fsp3) is 0.231. The first-order valence-corrected chi connectivity index (χ1v) is 6.24. The second-order valence-electron chi connectivity index (χ2n) is 3.64. The van der Waals surface area contributed by atoms with E-state index in [9.17, 15) is 4.79 Å². The second kappa shape index (κ2) is 6.40. The first-order chi connectivity index (χ1) is 8.06. The van der Waals surface area contributed by atoms with Crippen LogP contribution in [0.25, 0.3) is 0 Å². The zero-order valence-electron chi connectivity index (χ0n) is 9.61. The topological polar surface area (TPSA) is 44.1 Å². The Labute approximate surface area is 115 Å². The lowest BCUT2D eigenvalue weighted by Crippen LogP contribution is -2.27. The lowest BCUT2D eigenvalue weighted by Gasteiger charge is -2.14. The van der Waals surface area contributed by atoms with Crippen molar-refractivity contribution in [2.24, 2.45) is 0 Å². The molecular weight excluding hydrogens is 327 g/mol. The number of rotatable bonds is 4. The monoisotopic (exact) mass is 340 g/mol. The van der Waals surface area contributed by atoms with Crippen molar-refractivity contribution in [3.8, 4) is 6.19 Å². The van der Waals surface area contributed by atoms with Gasteiger partial charge >= 0.3 is 0 Å². The van der Waals surface area contributed by atoms with E-state index in [-0.39, 0.29) is 5.91 Å². The largest absolute Gasteiger partial charge is 0.268 e. The molecule has 0 bridgehead atoms. The SMILES string of the molecule is C=C(I)CCN(C#N)C(=O)c1ccccc1C. The first-order valence-electron chi connectivity index (χ1n) is 5.16. The highest BCUT2D eigenvalue weighted by molar-refractivity contribution is 14.1. The van der Waals surface area contributed by atoms with Crippen LogP contribution in [0.1, 0.15) is 22.3 Å². The summed E-state index contributed by atoms with van der Waals surface area (Å²) in [5.41, 5.74) is 1.46. The van der Waals surface area contributed by atoms with Gasteiger partial charge in [-0.15, -0.1) is 0 Å². The fourth-order valence-electron chi connectivity index (χ4n) is 1.39. The molecular formula is C13H13IN2O. The van der Waals surface area contributed by atoms with E-state index in [1.54, 1.807) is 12.1 Å². The Kier molecular flexibility index (Phi) is 5.16. The van der Waals surface area contributed by atoms with E-state index in [4.69, 9.17) is 5.26 Å². The van der Waals surface area contributed by atoms with Gasteiger partial charge in [0.25, 0.3) is 5.91 Å². The molecule has 0 aliphatic carbocycles. The molecule has 0 heterocycles. The number of halogens is 1. The Balaban J connectivity index is 2.84. The third kappa shape index (κ3) is 3.86. The highest BCUT2D eigenvalue weighted by Crippen LogP contribution is 2.13. The molecule has 0 aliphatic heterocycles. The van der Waals surface area contributed by atoms with Crippen molar-refractivity contribution < 1.29 is 4.79 Å². The average molecular weight is 340 g/mol. The van der Waals surface area contributed by atoms with Crippen molar-refractivity contribution in [3.05, 3.63) is 45.6 Å². The van der Waals surface area contributed by atoms with E-state index < -0.39 is 0 Å². The minimum Gasteiger partial charge on any atom is -0.268 e. The normalized spacial score (nSPS) is 9.47. The maximum Gasteiger partial charge on any atom is 0.267 e. The number of nitrogens with zero attached hydrogens (tertiary/aromatic N) is 2. The molecule has 4 heteroatoms. The van der Waals surface area contributed by atoms with Gasteiger partial charge in [0.2, 0.25) is 0 Å². The molecule has 17 heavy (non-hydrogen) atoms. The molecule has 0 spiro atoms. The van der Waals surface area contributed by atoms with Gasteiger partial charge in [-0.2, -0.15) is 5.26 Å². The summed E-state index contributed by atoms with van der Waals surface area (Å²) in [5.74, 6) is -0.247. The number of nitriles is 1. The average Bonchev–Trinajstić information content (AvgIpc) is 2.29. The second-order valence-corrected chi connectivity index (χ2v) is 5.16. The molecule has 0 aromatic heterocycles. The van der Waals surface area contributed by atoms with E-state index in [0.29, 0.717) is 18.5 Å². The number of amides is 1. The Hall–Kier alpha value is -1.35. The minimum absolute atomic E-state index is 0.247. The van der Waals surface area contributed by atoms with Crippen molar-refractivity contribution in [2.45, 2.75) is 13.3 Å². The van der Waals surface area contributed by atoms with Crippen LogP contribution in [-0.2, 0) is 0 Å². The molecule has 1 aromatic carbocycles. The summed E-state index contributed by atoms with van der Waals surface area (Å²) in [6.07, 6.45) is 2.55. The quantitative estimate of drug-likeness (QED) is 0.480. The maximum absolute atomic E-state index is 12.1. The summed E-state index contributed by atoms with van der Waals surface area (Å²) in [7, 11) is 0. The van der Waals surface area contributed by atoms with Crippen molar-refractivity contribution in [3.63, 3.8) is 0 Å². The van der Waals surface area contributed by atoms with Crippen molar-refractivity contribution in [1.29, 1.82) is 5.26 Å². The molecule has 1 rings (SSSR count). The van der Waals surface area contributed by atoms with Gasteiger partial charge in [0.1, 0.15) is 0 Å². The third-order valence-corrected chi connectivity index (χ3v) is 2.89. The Morgan fingerprint density at radius 2 is 2.18 bits per heavy atom. The lowest BCUT2D eigenvalue weighted by atomic mass is 10.1. The van der Waals surface area contributed by atoms with Crippen LogP contribution in [0.15, 0.2) is 34.4 Å². The molecule has 0 aliphatic rings. The number of hydrogen-bond donors (Lipinski definition) is 0. The van der Waals surface area contributed by atoms with Gasteiger partial charge in [0.15, 0.2) is 6.19 Å². The third-order valence-electron chi connectivity index (χ3n) is 2.35. The summed E-state index contributed by atoms with van der Waals surface area (Å²) in [6, 6.07) is 7.27. The Morgan fingerprint density at radius 1 is 1.53 bits per heavy atom. The van der Waals surface area contributed by atoms with Crippen molar-refractivity contribution >= 4 is 28.5 Å². The number of carbonyl (C=O) groups is 1. The molecule has 1 amide bonds. The van der Waals surface area contributed by atoms with Gasteiger partial charge < -0.3 is 0 Å². The van der Waals surface area contributed by atoms with Gasteiger partial charge in [0.05, 0.1) is 0 Å². The Morgan fingerprint density at radius 3 is 2.71 bits per heavy atom. The van der Waals surface area contributed by atoms with Crippen LogP contribution in [0.5, 0.6) is 0 Å². The van der Waals surface area contributed by atoms with Crippen LogP contribution in [0.3, 0.4) is 0 Å². The smallest absolute Gasteiger partial charge is 0.267 e. The summed E-state index contributed by atoms with van der Waals surface area (Å²) in [4.78, 5) is 13.3. The zero-order chi connectivity index (χ0) is 12.8. The molecule has 0 fully saturated rings. The lowest BCUT2D eigenvalue weighted by molar-refractivity contribution is 0.0833. The van der Waals surface area contributed by atoms with Gasteiger partial charge in [-0.05, 0) is 51.1 Å². The van der Waals surface area contributed by atoms with Gasteiger partial charge in [-0.3, -0.25) is 4.79 Å². The van der Waals surface area contributed by atoms with E-state index in [2.05, 4.69) is 29.2 Å². The van der Waals surface area contributed by atoms with Gasteiger partial charge in [-0.25, -0.2) is 4.90 Å². The van der Waals surface area contributed by atoms with E-state index in [0.717, 1.165) is 9.14 Å². The van der Waals surface area contributed by atoms with Crippen LogP contribution in [0, 0.1) is 18.4 Å². The molecule has 0 radical (unpaired) electrons. The van der Waals surface area contributed by atoms with E-state index in [1.165, 1.54) is 4.90 Å². The molecule has 0 saturated carbocycles. The zero-order valence-corrected chi connectivity index (χ0v) is 11.8. The number of hydrogen-bond acceptors (Lipinski definition) is 2. The molecule has 1 aromatic rings. The molecule has 88 valence electrons. The highest BCUT2D eigenvalue weighted by Gasteiger charge is 2.16. The number of benzene rings is 1. The van der Waals surface area contributed by atoms with Crippen LogP contribution in [0.2, 0.25) is 0 Å². The maximum atomic E-state index is 12.1. The number of carbonyl (C=O) groups excluding carboxylic acids is 1. The molecule has 0 unspecified atom stereocenters. The predicted molar refractivity (Wildman–Crippen MR) is 75.6 cm³/mol. The fourth-order valence-corrected chi connectivity index (χ4v) is 1.63. The van der Waals surface area contributed by atoms with Crippen LogP contribution < -0.4 is 0 Å². The molecule has 0 N–H and O–H groups in total. The predicted octanol–water partition coefficient (Wildman–Crippen LogP) is 3.26. The van der Waals surface area contributed by atoms with Crippen LogP contribution >= 0.6 is 22.6 Å². The molecule has 3 nitrogen and oxygen atoms in total. The summed E-state index contributed by atoms with van der Waals surface area (Å²) < 4.78 is 0.931. The van der Waals surface area contributed by atoms with Crippen LogP contribution in [0.4, 0.5) is 0 Å². The minimum atomic E-state index is -0.247. The van der Waals surface area contributed by atoms with Crippen LogP contribution in [-0.4, -0.2) is 17.4 Å². The first kappa shape index (κ1) is 13.7. The summed E-state index contributed by atoms with van der Waals surface area (Å²) >= 11 is 2.10.